The van der Waals surface area contributed by atoms with E-state index in [9.17, 15) is 0 Å². The summed E-state index contributed by atoms with van der Waals surface area (Å²) in [6, 6.07) is 0. The van der Waals surface area contributed by atoms with Crippen LogP contribution in [0.1, 0.15) is 6.92 Å². The zero-order chi connectivity index (χ0) is 4.99. The first-order valence-electron chi connectivity index (χ1n) is 1.84. The Labute approximate surface area is 51.5 Å². The Kier molecular flexibility index (Phi) is 3.73. The first-order valence-corrected chi connectivity index (χ1v) is 3.49. The Bertz CT molecular complexity index is 51.5. The van der Waals surface area contributed by atoms with Gasteiger partial charge in [-0.05, 0) is 0 Å². The molecule has 0 N–H and O–H groups in total. The van der Waals surface area contributed by atoms with Gasteiger partial charge in [-0.3, -0.25) is 0 Å². The van der Waals surface area contributed by atoms with Crippen molar-refractivity contribution in [3.8, 4) is 0 Å². The monoisotopic (exact) mass is 192 g/mol. The van der Waals surface area contributed by atoms with Crippen molar-refractivity contribution in [3.63, 3.8) is 0 Å². The van der Waals surface area contributed by atoms with E-state index in [0.29, 0.717) is 0 Å². The predicted molar refractivity (Wildman–Crippen MR) is 27.9 cm³/mol. The van der Waals surface area contributed by atoms with Crippen LogP contribution in [0.2, 0.25) is 0 Å². The SMILES string of the molecule is C=[C]([SnH])OCC. The van der Waals surface area contributed by atoms with Crippen molar-refractivity contribution in [1.82, 2.24) is 0 Å². The Morgan fingerprint density at radius 3 is 2.50 bits per heavy atom. The van der Waals surface area contributed by atoms with Gasteiger partial charge < -0.3 is 0 Å². The predicted octanol–water partition coefficient (Wildman–Crippen LogP) is 0.395. The standard InChI is InChI=1S/C4H7O.Sn.H/c1-3-5-4-2;;/h1,4H2,2H3;;. The minimum atomic E-state index is 0.764. The van der Waals surface area contributed by atoms with Gasteiger partial charge in [0.1, 0.15) is 0 Å². The summed E-state index contributed by atoms with van der Waals surface area (Å²) in [5, 5.41) is 0. The van der Waals surface area contributed by atoms with E-state index in [1.807, 2.05) is 6.92 Å². The van der Waals surface area contributed by atoms with Gasteiger partial charge in [-0.1, -0.05) is 0 Å². The van der Waals surface area contributed by atoms with Gasteiger partial charge in [-0.25, -0.2) is 0 Å². The van der Waals surface area contributed by atoms with E-state index in [1.165, 1.54) is 0 Å². The molecule has 6 heavy (non-hydrogen) atoms. The van der Waals surface area contributed by atoms with Gasteiger partial charge in [0.05, 0.1) is 0 Å². The first-order chi connectivity index (χ1) is 2.77. The summed E-state index contributed by atoms with van der Waals surface area (Å²) in [6.45, 7) is 6.30. The number of hydrogen-bond acceptors (Lipinski definition) is 1. The molecule has 0 aliphatic rings. The number of ether oxygens (including phenoxy) is 1. The molecular formula is C4H8OSn. The molecule has 0 bridgehead atoms. The van der Waals surface area contributed by atoms with E-state index in [0.717, 1.165) is 32.9 Å². The third-order valence-corrected chi connectivity index (χ3v) is 0.805. The van der Waals surface area contributed by atoms with Gasteiger partial charge in [0.25, 0.3) is 0 Å². The molecule has 0 fully saturated rings. The quantitative estimate of drug-likeness (QED) is 0.453. The van der Waals surface area contributed by atoms with E-state index < -0.39 is 0 Å². The van der Waals surface area contributed by atoms with Crippen LogP contribution >= 0.6 is 0 Å². The fourth-order valence-corrected chi connectivity index (χ4v) is 0.661. The average molecular weight is 191 g/mol. The molecule has 1 nitrogen and oxygen atoms in total. The zero-order valence-corrected chi connectivity index (χ0v) is 7.20. The molecule has 0 aliphatic heterocycles. The van der Waals surface area contributed by atoms with Crippen LogP contribution in [0.5, 0.6) is 0 Å². The van der Waals surface area contributed by atoms with Crippen LogP contribution in [-0.2, 0) is 4.74 Å². The topological polar surface area (TPSA) is 9.23 Å². The van der Waals surface area contributed by atoms with Crippen molar-refractivity contribution in [1.29, 1.82) is 0 Å². The van der Waals surface area contributed by atoms with E-state index in [2.05, 4.69) is 6.58 Å². The van der Waals surface area contributed by atoms with Crippen molar-refractivity contribution in [2.75, 3.05) is 6.61 Å². The average Bonchev–Trinajstić information content (AvgIpc) is 1.35. The Morgan fingerprint density at radius 2 is 2.50 bits per heavy atom. The molecule has 0 heterocycles. The fourth-order valence-electron chi connectivity index (χ4n) is 0.185. The third-order valence-electron chi connectivity index (χ3n) is 0.330. The van der Waals surface area contributed by atoms with Crippen molar-refractivity contribution in [2.45, 2.75) is 6.92 Å². The van der Waals surface area contributed by atoms with Crippen LogP contribution in [0.3, 0.4) is 0 Å². The molecule has 0 amide bonds. The van der Waals surface area contributed by atoms with E-state index >= 15 is 0 Å². The van der Waals surface area contributed by atoms with E-state index in [-0.39, 0.29) is 0 Å². The van der Waals surface area contributed by atoms with Gasteiger partial charge in [0.2, 0.25) is 0 Å². The van der Waals surface area contributed by atoms with Gasteiger partial charge in [-0.15, -0.1) is 0 Å². The van der Waals surface area contributed by atoms with Crippen LogP contribution in [0.4, 0.5) is 0 Å². The fraction of sp³-hybridized carbons (Fsp3) is 0.500. The molecule has 0 saturated carbocycles. The van der Waals surface area contributed by atoms with Gasteiger partial charge in [0, 0.05) is 0 Å². The summed E-state index contributed by atoms with van der Waals surface area (Å²) in [7, 11) is 0. The molecule has 2 heteroatoms. The van der Waals surface area contributed by atoms with Gasteiger partial charge >= 0.3 is 51.1 Å². The first kappa shape index (κ1) is 6.34. The summed E-state index contributed by atoms with van der Waals surface area (Å²) in [6.07, 6.45) is 0. The second kappa shape index (κ2) is 3.53. The van der Waals surface area contributed by atoms with Crippen molar-refractivity contribution >= 4 is 22.5 Å². The second-order valence-corrected chi connectivity index (χ2v) is 2.74. The Hall–Kier alpha value is 0.339. The maximum atomic E-state index is 4.90. The molecule has 0 saturated heterocycles. The zero-order valence-electron chi connectivity index (χ0n) is 3.90. The summed E-state index contributed by atoms with van der Waals surface area (Å²) in [5.74, 6) is 0. The summed E-state index contributed by atoms with van der Waals surface area (Å²) in [4.78, 5) is 0. The van der Waals surface area contributed by atoms with E-state index in [1.54, 1.807) is 0 Å². The molecule has 0 rings (SSSR count). The summed E-state index contributed by atoms with van der Waals surface area (Å²) >= 11 is 1.02. The van der Waals surface area contributed by atoms with Gasteiger partial charge in [0.15, 0.2) is 0 Å². The maximum absolute atomic E-state index is 4.90. The van der Waals surface area contributed by atoms with Crippen molar-refractivity contribution in [3.05, 3.63) is 10.4 Å². The molecule has 0 spiro atoms. The molecule has 0 aromatic rings. The molecule has 0 aliphatic carbocycles. The molecule has 0 atom stereocenters. The Balaban J connectivity index is 2.83. The van der Waals surface area contributed by atoms with Crippen molar-refractivity contribution < 1.29 is 4.74 Å². The molecule has 0 unspecified atom stereocenters. The van der Waals surface area contributed by atoms with Crippen LogP contribution in [-0.4, -0.2) is 29.1 Å². The number of rotatable bonds is 2. The normalized spacial score (nSPS) is 7.67. The molecule has 2 radical (unpaired) electrons. The minimum absolute atomic E-state index is 0.764. The second-order valence-electron chi connectivity index (χ2n) is 0.899. The molecular weight excluding hydrogens is 183 g/mol. The van der Waals surface area contributed by atoms with E-state index in [4.69, 9.17) is 4.74 Å². The van der Waals surface area contributed by atoms with Crippen molar-refractivity contribution in [2.24, 2.45) is 0 Å². The Morgan fingerprint density at radius 1 is 2.00 bits per heavy atom. The van der Waals surface area contributed by atoms with Crippen LogP contribution in [0.25, 0.3) is 0 Å². The third kappa shape index (κ3) is 4.34. The van der Waals surface area contributed by atoms with Crippen LogP contribution in [0.15, 0.2) is 10.4 Å². The summed E-state index contributed by atoms with van der Waals surface area (Å²) in [5.41, 5.74) is 0. The molecule has 0 aromatic carbocycles. The number of hydrogen-bond donors (Lipinski definition) is 0. The van der Waals surface area contributed by atoms with Crippen LogP contribution < -0.4 is 0 Å². The molecule has 34 valence electrons. The summed E-state index contributed by atoms with van der Waals surface area (Å²) < 4.78 is 5.82. The molecule has 0 aromatic heterocycles. The van der Waals surface area contributed by atoms with Gasteiger partial charge in [-0.2, -0.15) is 0 Å². The van der Waals surface area contributed by atoms with Crippen LogP contribution in [0, 0.1) is 0 Å².